The van der Waals surface area contributed by atoms with E-state index >= 15 is 0 Å². The lowest BCUT2D eigenvalue weighted by Crippen LogP contribution is -2.51. The number of carbonyl (C=O) groups excluding carboxylic acids is 2. The normalized spacial score (nSPS) is 21.4. The summed E-state index contributed by atoms with van der Waals surface area (Å²) in [6, 6.07) is 11.9. The molecular formula is C22H21FN4O2. The van der Waals surface area contributed by atoms with E-state index < -0.39 is 0 Å². The molecule has 29 heavy (non-hydrogen) atoms. The van der Waals surface area contributed by atoms with Crippen LogP contribution in [0.3, 0.4) is 0 Å². The third kappa shape index (κ3) is 3.37. The number of hydrogen-bond donors (Lipinski definition) is 1. The minimum Gasteiger partial charge on any atom is -0.345 e. The number of halogens is 1. The van der Waals surface area contributed by atoms with Crippen molar-refractivity contribution in [1.82, 2.24) is 19.8 Å². The molecular weight excluding hydrogens is 371 g/mol. The van der Waals surface area contributed by atoms with Crippen molar-refractivity contribution in [1.29, 1.82) is 0 Å². The molecule has 2 unspecified atom stereocenters. The van der Waals surface area contributed by atoms with E-state index in [0.29, 0.717) is 31.7 Å². The second kappa shape index (κ2) is 6.99. The van der Waals surface area contributed by atoms with Crippen molar-refractivity contribution in [3.05, 3.63) is 65.7 Å². The standard InChI is InChI=1S/C22H21FN4O2/c23-16-4-1-14(2-5-16)17-12-18(17)22(29)27-9-7-26(8-10-27)21(28)15-3-6-19-20(11-15)25-13-24-19/h1-6,11,13,17-18H,7-10,12H2,(H,24,25). The minimum atomic E-state index is -0.259. The van der Waals surface area contributed by atoms with Crippen LogP contribution in [0.25, 0.3) is 11.0 Å². The fourth-order valence-corrected chi connectivity index (χ4v) is 4.16. The first kappa shape index (κ1) is 17.8. The van der Waals surface area contributed by atoms with E-state index in [4.69, 9.17) is 0 Å². The first-order valence-electron chi connectivity index (χ1n) is 9.87. The lowest BCUT2D eigenvalue weighted by atomic mass is 10.1. The summed E-state index contributed by atoms with van der Waals surface area (Å²) in [5, 5.41) is 0. The topological polar surface area (TPSA) is 69.3 Å². The molecule has 2 amide bonds. The van der Waals surface area contributed by atoms with Gasteiger partial charge in [0.15, 0.2) is 0 Å². The number of nitrogens with one attached hydrogen (secondary N) is 1. The van der Waals surface area contributed by atoms with Crippen LogP contribution >= 0.6 is 0 Å². The summed E-state index contributed by atoms with van der Waals surface area (Å²) < 4.78 is 13.1. The van der Waals surface area contributed by atoms with Crippen LogP contribution < -0.4 is 0 Å². The van der Waals surface area contributed by atoms with Crippen LogP contribution in [-0.4, -0.2) is 57.8 Å². The lowest BCUT2D eigenvalue weighted by molar-refractivity contribution is -0.134. The molecule has 1 saturated carbocycles. The molecule has 3 aromatic rings. The molecule has 0 spiro atoms. The summed E-state index contributed by atoms with van der Waals surface area (Å²) >= 11 is 0. The number of nitrogens with zero attached hydrogens (tertiary/aromatic N) is 3. The van der Waals surface area contributed by atoms with E-state index in [-0.39, 0.29) is 29.5 Å². The third-order valence-electron chi connectivity index (χ3n) is 5.95. The average molecular weight is 392 g/mol. The van der Waals surface area contributed by atoms with Crippen molar-refractivity contribution in [2.24, 2.45) is 5.92 Å². The molecule has 7 heteroatoms. The van der Waals surface area contributed by atoms with Gasteiger partial charge in [-0.05, 0) is 48.2 Å². The van der Waals surface area contributed by atoms with Gasteiger partial charge in [-0.2, -0.15) is 0 Å². The van der Waals surface area contributed by atoms with Gasteiger partial charge >= 0.3 is 0 Å². The average Bonchev–Trinajstić information content (AvgIpc) is 3.41. The number of H-pyrrole nitrogens is 1. The van der Waals surface area contributed by atoms with Crippen molar-refractivity contribution in [3.8, 4) is 0 Å². The van der Waals surface area contributed by atoms with Gasteiger partial charge in [0, 0.05) is 37.7 Å². The number of hydrogen-bond acceptors (Lipinski definition) is 3. The number of carbonyl (C=O) groups is 2. The molecule has 0 radical (unpaired) electrons. The summed E-state index contributed by atoms with van der Waals surface area (Å²) in [5.41, 5.74) is 3.31. The number of amides is 2. The van der Waals surface area contributed by atoms with E-state index in [9.17, 15) is 14.0 Å². The zero-order chi connectivity index (χ0) is 20.0. The summed E-state index contributed by atoms with van der Waals surface area (Å²) in [5.74, 6) is 0.0219. The maximum atomic E-state index is 13.1. The lowest BCUT2D eigenvalue weighted by Gasteiger charge is -2.35. The first-order chi connectivity index (χ1) is 14.1. The fourth-order valence-electron chi connectivity index (χ4n) is 4.16. The second-order valence-corrected chi connectivity index (χ2v) is 7.75. The molecule has 1 aliphatic heterocycles. The number of rotatable bonds is 3. The highest BCUT2D eigenvalue weighted by Gasteiger charge is 2.46. The minimum absolute atomic E-state index is 0.0227. The van der Waals surface area contributed by atoms with Crippen LogP contribution in [0.1, 0.15) is 28.3 Å². The van der Waals surface area contributed by atoms with Crippen molar-refractivity contribution in [2.45, 2.75) is 12.3 Å². The van der Waals surface area contributed by atoms with Gasteiger partial charge in [0.2, 0.25) is 5.91 Å². The molecule has 2 aromatic carbocycles. The van der Waals surface area contributed by atoms with Crippen LogP contribution in [-0.2, 0) is 4.79 Å². The predicted molar refractivity (Wildman–Crippen MR) is 106 cm³/mol. The molecule has 5 rings (SSSR count). The SMILES string of the molecule is O=C(c1ccc2nc[nH]c2c1)N1CCN(C(=O)C2CC2c2ccc(F)cc2)CC1. The van der Waals surface area contributed by atoms with Crippen LogP contribution in [0.2, 0.25) is 0 Å². The van der Waals surface area contributed by atoms with Gasteiger partial charge in [-0.3, -0.25) is 9.59 Å². The fraction of sp³-hybridized carbons (Fsp3) is 0.318. The van der Waals surface area contributed by atoms with Crippen molar-refractivity contribution < 1.29 is 14.0 Å². The Bertz CT molecular complexity index is 1070. The summed E-state index contributed by atoms with van der Waals surface area (Å²) in [6.45, 7) is 2.14. The Morgan fingerprint density at radius 1 is 1.00 bits per heavy atom. The Balaban J connectivity index is 1.18. The second-order valence-electron chi connectivity index (χ2n) is 7.75. The van der Waals surface area contributed by atoms with Crippen molar-refractivity contribution in [2.75, 3.05) is 26.2 Å². The van der Waals surface area contributed by atoms with Crippen molar-refractivity contribution in [3.63, 3.8) is 0 Å². The zero-order valence-corrected chi connectivity index (χ0v) is 15.8. The first-order valence-corrected chi connectivity index (χ1v) is 9.87. The quantitative estimate of drug-likeness (QED) is 0.745. The molecule has 0 bridgehead atoms. The van der Waals surface area contributed by atoms with E-state index in [0.717, 1.165) is 23.0 Å². The van der Waals surface area contributed by atoms with Crippen molar-refractivity contribution >= 4 is 22.8 Å². The number of piperazine rings is 1. The predicted octanol–water partition coefficient (Wildman–Crippen LogP) is 2.79. The number of imidazole rings is 1. The van der Waals surface area contributed by atoms with Crippen LogP contribution in [0.5, 0.6) is 0 Å². The molecule has 2 heterocycles. The molecule has 2 atom stereocenters. The monoisotopic (exact) mass is 392 g/mol. The van der Waals surface area contributed by atoms with E-state index in [1.807, 2.05) is 17.0 Å². The van der Waals surface area contributed by atoms with Crippen LogP contribution in [0, 0.1) is 11.7 Å². The summed E-state index contributed by atoms with van der Waals surface area (Å²) in [4.78, 5) is 36.5. The van der Waals surface area contributed by atoms with Gasteiger partial charge in [-0.25, -0.2) is 9.37 Å². The van der Waals surface area contributed by atoms with Gasteiger partial charge < -0.3 is 14.8 Å². The Morgan fingerprint density at radius 2 is 1.72 bits per heavy atom. The van der Waals surface area contributed by atoms with E-state index in [1.54, 1.807) is 29.4 Å². The highest BCUT2D eigenvalue weighted by atomic mass is 19.1. The molecule has 2 aliphatic rings. The number of fused-ring (bicyclic) bond motifs is 1. The molecule has 1 aromatic heterocycles. The van der Waals surface area contributed by atoms with Crippen LogP contribution in [0.4, 0.5) is 4.39 Å². The van der Waals surface area contributed by atoms with Gasteiger partial charge in [0.25, 0.3) is 5.91 Å². The molecule has 1 aliphatic carbocycles. The molecule has 148 valence electrons. The summed E-state index contributed by atoms with van der Waals surface area (Å²) in [7, 11) is 0. The number of aromatic nitrogens is 2. The Kier molecular flexibility index (Phi) is 4.30. The summed E-state index contributed by atoms with van der Waals surface area (Å²) in [6.07, 6.45) is 2.42. The third-order valence-corrected chi connectivity index (χ3v) is 5.95. The Morgan fingerprint density at radius 3 is 2.48 bits per heavy atom. The molecule has 6 nitrogen and oxygen atoms in total. The number of aromatic amines is 1. The number of benzene rings is 2. The van der Waals surface area contributed by atoms with Gasteiger partial charge in [-0.1, -0.05) is 12.1 Å². The Labute approximate surface area is 167 Å². The Hall–Kier alpha value is -3.22. The molecule has 1 N–H and O–H groups in total. The zero-order valence-electron chi connectivity index (χ0n) is 15.8. The van der Waals surface area contributed by atoms with Gasteiger partial charge in [0.05, 0.1) is 17.4 Å². The maximum Gasteiger partial charge on any atom is 0.254 e. The van der Waals surface area contributed by atoms with Gasteiger partial charge in [0.1, 0.15) is 5.82 Å². The highest BCUT2D eigenvalue weighted by Crippen LogP contribution is 2.48. The maximum absolute atomic E-state index is 13.1. The molecule has 2 fully saturated rings. The smallest absolute Gasteiger partial charge is 0.254 e. The molecule has 1 saturated heterocycles. The largest absolute Gasteiger partial charge is 0.345 e. The van der Waals surface area contributed by atoms with E-state index in [2.05, 4.69) is 9.97 Å². The van der Waals surface area contributed by atoms with Gasteiger partial charge in [-0.15, -0.1) is 0 Å². The highest BCUT2D eigenvalue weighted by molar-refractivity contribution is 5.97. The van der Waals surface area contributed by atoms with E-state index in [1.165, 1.54) is 12.1 Å². The van der Waals surface area contributed by atoms with Crippen LogP contribution in [0.15, 0.2) is 48.8 Å².